The van der Waals surface area contributed by atoms with Gasteiger partial charge in [-0.1, -0.05) is 12.1 Å². The van der Waals surface area contributed by atoms with Gasteiger partial charge in [-0.15, -0.1) is 0 Å². The molecule has 28 heavy (non-hydrogen) atoms. The minimum absolute atomic E-state index is 0.0132. The first-order chi connectivity index (χ1) is 13.5. The van der Waals surface area contributed by atoms with Gasteiger partial charge in [0.05, 0.1) is 35.1 Å². The Labute approximate surface area is 158 Å². The number of halogens is 1. The lowest BCUT2D eigenvalue weighted by atomic mass is 10.0. The van der Waals surface area contributed by atoms with E-state index in [0.29, 0.717) is 25.1 Å². The van der Waals surface area contributed by atoms with Crippen LogP contribution >= 0.6 is 0 Å². The average Bonchev–Trinajstić information content (AvgIpc) is 3.07. The van der Waals surface area contributed by atoms with Crippen LogP contribution in [0.2, 0.25) is 0 Å². The van der Waals surface area contributed by atoms with Crippen LogP contribution in [0.1, 0.15) is 28.9 Å². The number of amides is 1. The van der Waals surface area contributed by atoms with Crippen LogP contribution in [-0.2, 0) is 11.3 Å². The Balaban J connectivity index is 2.11. The average molecular weight is 381 g/mol. The molecule has 1 amide bonds. The summed E-state index contributed by atoms with van der Waals surface area (Å²) in [5, 5.41) is 9.61. The number of aromatic carboxylic acids is 1. The first kappa shape index (κ1) is 17.8. The fraction of sp³-hybridized carbons (Fsp3) is 0.200. The predicted molar refractivity (Wildman–Crippen MR) is 98.9 cm³/mol. The van der Waals surface area contributed by atoms with Gasteiger partial charge < -0.3 is 10.0 Å². The monoisotopic (exact) mass is 381 g/mol. The van der Waals surface area contributed by atoms with Gasteiger partial charge in [0, 0.05) is 24.5 Å². The quantitative estimate of drug-likeness (QED) is 0.749. The van der Waals surface area contributed by atoms with Gasteiger partial charge in [0.15, 0.2) is 0 Å². The molecule has 0 unspecified atom stereocenters. The number of benzene rings is 1. The van der Waals surface area contributed by atoms with Crippen molar-refractivity contribution in [1.29, 1.82) is 0 Å². The molecule has 2 aromatic heterocycles. The van der Waals surface area contributed by atoms with Crippen LogP contribution in [0, 0.1) is 5.82 Å². The van der Waals surface area contributed by atoms with Crippen molar-refractivity contribution < 1.29 is 19.1 Å². The van der Waals surface area contributed by atoms with E-state index in [1.807, 2.05) is 0 Å². The topological polar surface area (TPSA) is 92.5 Å². The molecule has 0 bridgehead atoms. The zero-order chi connectivity index (χ0) is 19.8. The molecule has 3 aromatic rings. The van der Waals surface area contributed by atoms with Crippen LogP contribution in [0.4, 0.5) is 4.39 Å². The summed E-state index contributed by atoms with van der Waals surface area (Å²) >= 11 is 0. The SMILES string of the molecule is O=C(O)c1c(CN2CCCC2=O)n(-c2cccnc2)c(=O)c2c(F)cccc12. The maximum atomic E-state index is 14.5. The molecule has 7 nitrogen and oxygen atoms in total. The molecule has 8 heteroatoms. The van der Waals surface area contributed by atoms with Crippen LogP contribution in [0.5, 0.6) is 0 Å². The molecular formula is C20H16FN3O4. The Hall–Kier alpha value is -3.55. The molecular weight excluding hydrogens is 365 g/mol. The number of likely N-dealkylation sites (tertiary alicyclic amines) is 1. The van der Waals surface area contributed by atoms with E-state index in [-0.39, 0.29) is 34.5 Å². The van der Waals surface area contributed by atoms with E-state index < -0.39 is 17.3 Å². The first-order valence-electron chi connectivity index (χ1n) is 8.76. The Morgan fingerprint density at radius 1 is 1.21 bits per heavy atom. The van der Waals surface area contributed by atoms with Crippen molar-refractivity contribution in [3.8, 4) is 5.69 Å². The summed E-state index contributed by atoms with van der Waals surface area (Å²) < 4.78 is 15.6. The molecule has 0 atom stereocenters. The normalized spacial score (nSPS) is 14.0. The van der Waals surface area contributed by atoms with E-state index in [2.05, 4.69) is 4.98 Å². The lowest BCUT2D eigenvalue weighted by Gasteiger charge is -2.22. The standard InChI is InChI=1S/C20H16FN3O4/c21-14-6-1-5-13-17(14)19(26)24(12-4-2-8-22-10-12)15(18(13)20(27)28)11-23-9-3-7-16(23)25/h1-2,4-6,8,10H,3,7,9,11H2,(H,27,28). The number of carbonyl (C=O) groups is 2. The van der Waals surface area contributed by atoms with Crippen molar-refractivity contribution >= 4 is 22.6 Å². The fourth-order valence-electron chi connectivity index (χ4n) is 3.65. The van der Waals surface area contributed by atoms with Gasteiger partial charge in [-0.25, -0.2) is 9.18 Å². The predicted octanol–water partition coefficient (Wildman–Crippen LogP) is 2.35. The lowest BCUT2D eigenvalue weighted by Crippen LogP contribution is -2.32. The van der Waals surface area contributed by atoms with Crippen LogP contribution in [0.25, 0.3) is 16.5 Å². The highest BCUT2D eigenvalue weighted by atomic mass is 19.1. The second kappa shape index (κ2) is 6.88. The smallest absolute Gasteiger partial charge is 0.338 e. The molecule has 1 saturated heterocycles. The van der Waals surface area contributed by atoms with Crippen molar-refractivity contribution in [2.24, 2.45) is 0 Å². The third kappa shape index (κ3) is 2.83. The molecule has 142 valence electrons. The molecule has 1 aliphatic rings. The Kier molecular flexibility index (Phi) is 4.38. The number of fused-ring (bicyclic) bond motifs is 1. The molecule has 0 aliphatic carbocycles. The molecule has 1 fully saturated rings. The second-order valence-corrected chi connectivity index (χ2v) is 6.56. The molecule has 1 aliphatic heterocycles. The number of pyridine rings is 2. The maximum Gasteiger partial charge on any atom is 0.338 e. The minimum Gasteiger partial charge on any atom is -0.478 e. The number of carboxylic acid groups (broad SMARTS) is 1. The number of aromatic nitrogens is 2. The van der Waals surface area contributed by atoms with Crippen molar-refractivity contribution in [2.75, 3.05) is 6.54 Å². The molecule has 0 saturated carbocycles. The van der Waals surface area contributed by atoms with Crippen LogP contribution in [0.15, 0.2) is 47.5 Å². The molecule has 0 radical (unpaired) electrons. The Bertz CT molecular complexity index is 1160. The number of hydrogen-bond donors (Lipinski definition) is 1. The van der Waals surface area contributed by atoms with E-state index in [4.69, 9.17) is 0 Å². The van der Waals surface area contributed by atoms with Gasteiger partial charge in [-0.3, -0.25) is 19.1 Å². The van der Waals surface area contributed by atoms with Crippen molar-refractivity contribution in [3.05, 3.63) is 70.2 Å². The fourth-order valence-corrected chi connectivity index (χ4v) is 3.65. The molecule has 4 rings (SSSR count). The highest BCUT2D eigenvalue weighted by Crippen LogP contribution is 2.26. The number of nitrogens with zero attached hydrogens (tertiary/aromatic N) is 3. The van der Waals surface area contributed by atoms with E-state index in [9.17, 15) is 23.9 Å². The highest BCUT2D eigenvalue weighted by Gasteiger charge is 2.28. The Morgan fingerprint density at radius 2 is 2.04 bits per heavy atom. The van der Waals surface area contributed by atoms with Gasteiger partial charge in [0.25, 0.3) is 5.56 Å². The highest BCUT2D eigenvalue weighted by molar-refractivity contribution is 6.04. The maximum absolute atomic E-state index is 14.5. The minimum atomic E-state index is -1.30. The number of rotatable bonds is 4. The van der Waals surface area contributed by atoms with Crippen molar-refractivity contribution in [2.45, 2.75) is 19.4 Å². The molecule has 1 N–H and O–H groups in total. The van der Waals surface area contributed by atoms with Gasteiger partial charge >= 0.3 is 5.97 Å². The van der Waals surface area contributed by atoms with Crippen molar-refractivity contribution in [3.63, 3.8) is 0 Å². The van der Waals surface area contributed by atoms with Gasteiger partial charge in [-0.2, -0.15) is 0 Å². The molecule has 0 spiro atoms. The summed E-state index contributed by atoms with van der Waals surface area (Å²) in [6.45, 7) is 0.414. The molecule has 1 aromatic carbocycles. The third-order valence-corrected chi connectivity index (χ3v) is 4.89. The van der Waals surface area contributed by atoms with Gasteiger partial charge in [0.2, 0.25) is 5.91 Å². The van der Waals surface area contributed by atoms with Gasteiger partial charge in [-0.05, 0) is 24.6 Å². The second-order valence-electron chi connectivity index (χ2n) is 6.56. The summed E-state index contributed by atoms with van der Waals surface area (Å²) in [6, 6.07) is 7.07. The van der Waals surface area contributed by atoms with E-state index in [1.54, 1.807) is 12.1 Å². The van der Waals surface area contributed by atoms with Crippen LogP contribution in [-0.4, -0.2) is 38.0 Å². The Morgan fingerprint density at radius 3 is 2.68 bits per heavy atom. The zero-order valence-corrected chi connectivity index (χ0v) is 14.8. The largest absolute Gasteiger partial charge is 0.478 e. The number of carboxylic acids is 1. The van der Waals surface area contributed by atoms with Crippen LogP contribution < -0.4 is 5.56 Å². The number of hydrogen-bond acceptors (Lipinski definition) is 4. The van der Waals surface area contributed by atoms with Crippen molar-refractivity contribution in [1.82, 2.24) is 14.5 Å². The summed E-state index contributed by atoms with van der Waals surface area (Å²) in [5.74, 6) is -2.21. The van der Waals surface area contributed by atoms with Gasteiger partial charge in [0.1, 0.15) is 5.82 Å². The molecule has 3 heterocycles. The number of carbonyl (C=O) groups excluding carboxylic acids is 1. The summed E-state index contributed by atoms with van der Waals surface area (Å²) in [7, 11) is 0. The zero-order valence-electron chi connectivity index (χ0n) is 14.8. The van der Waals surface area contributed by atoms with Crippen LogP contribution in [0.3, 0.4) is 0 Å². The lowest BCUT2D eigenvalue weighted by molar-refractivity contribution is -0.128. The van der Waals surface area contributed by atoms with E-state index in [0.717, 1.165) is 10.6 Å². The third-order valence-electron chi connectivity index (χ3n) is 4.89. The summed E-state index contributed by atoms with van der Waals surface area (Å²) in [6.07, 6.45) is 3.95. The van der Waals surface area contributed by atoms with E-state index >= 15 is 0 Å². The summed E-state index contributed by atoms with van der Waals surface area (Å²) in [4.78, 5) is 43.0. The summed E-state index contributed by atoms with van der Waals surface area (Å²) in [5.41, 5.74) is -0.453. The first-order valence-corrected chi connectivity index (χ1v) is 8.76. The van der Waals surface area contributed by atoms with E-state index in [1.165, 1.54) is 29.4 Å².